The molecule has 3 aromatic carbocycles. The second-order valence-corrected chi connectivity index (χ2v) is 12.2. The number of halogens is 3. The molecule has 5 rings (SSSR count). The molecule has 5 nitrogen and oxygen atoms in total. The van der Waals surface area contributed by atoms with Crippen LogP contribution in [-0.4, -0.2) is 31.8 Å². The zero-order valence-corrected chi connectivity index (χ0v) is 21.5. The van der Waals surface area contributed by atoms with Crippen molar-refractivity contribution >= 4 is 38.8 Å². The molecule has 1 saturated carbocycles. The summed E-state index contributed by atoms with van der Waals surface area (Å²) in [6.45, 7) is 0.505. The van der Waals surface area contributed by atoms with Crippen molar-refractivity contribution in [2.45, 2.75) is 37.0 Å². The summed E-state index contributed by atoms with van der Waals surface area (Å²) < 4.78 is 56.0. The average molecular weight is 546 g/mol. The topological polar surface area (TPSA) is 74.7 Å². The van der Waals surface area contributed by atoms with E-state index in [-0.39, 0.29) is 38.6 Å². The summed E-state index contributed by atoms with van der Waals surface area (Å²) in [4.78, 5) is 13.5. The summed E-state index contributed by atoms with van der Waals surface area (Å²) in [5.74, 6) is -4.33. The molecular weight excluding hydrogens is 520 g/mol. The quantitative estimate of drug-likeness (QED) is 0.378. The molecule has 9 heteroatoms. The van der Waals surface area contributed by atoms with Gasteiger partial charge in [-0.2, -0.15) is 0 Å². The van der Waals surface area contributed by atoms with Gasteiger partial charge in [-0.1, -0.05) is 61.9 Å². The van der Waals surface area contributed by atoms with Crippen LogP contribution >= 0.6 is 11.6 Å². The third kappa shape index (κ3) is 4.97. The molecule has 0 saturated heterocycles. The smallest absolute Gasteiger partial charge is 0.338 e. The summed E-state index contributed by atoms with van der Waals surface area (Å²) in [5, 5.41) is 9.42. The molecule has 1 aliphatic carbocycles. The number of hydrogen-bond acceptors (Lipinski definition) is 4. The van der Waals surface area contributed by atoms with Crippen LogP contribution in [0.15, 0.2) is 59.5 Å². The van der Waals surface area contributed by atoms with E-state index in [2.05, 4.69) is 0 Å². The number of carbonyl (C=O) groups is 1. The van der Waals surface area contributed by atoms with E-state index in [4.69, 9.17) is 11.6 Å². The predicted octanol–water partition coefficient (Wildman–Crippen LogP) is 7.11. The molecule has 0 bridgehead atoms. The van der Waals surface area contributed by atoms with E-state index in [0.29, 0.717) is 12.2 Å². The second kappa shape index (κ2) is 10.1. The molecule has 194 valence electrons. The van der Waals surface area contributed by atoms with Gasteiger partial charge < -0.3 is 10.0 Å². The highest BCUT2D eigenvalue weighted by Gasteiger charge is 2.37. The van der Waals surface area contributed by atoms with Crippen molar-refractivity contribution in [1.29, 1.82) is 0 Å². The number of hydrogen-bond donors (Lipinski definition) is 1. The first-order valence-electron chi connectivity index (χ1n) is 12.3. The fourth-order valence-corrected chi connectivity index (χ4v) is 7.80. The van der Waals surface area contributed by atoms with Crippen LogP contribution < -0.4 is 4.90 Å². The van der Waals surface area contributed by atoms with Crippen molar-refractivity contribution in [3.63, 3.8) is 0 Å². The van der Waals surface area contributed by atoms with Crippen LogP contribution in [0.2, 0.25) is 5.02 Å². The van der Waals surface area contributed by atoms with Crippen LogP contribution in [-0.2, 0) is 9.84 Å². The SMILES string of the molecule is O=C(O)c1cc(-c2cc3c(cc2Cl)N(c2ccccc2)C[C@@H](C2CCCCC2)CS3(=O)=O)cc(F)c1F. The van der Waals surface area contributed by atoms with Gasteiger partial charge in [0, 0.05) is 17.8 Å². The number of carboxylic acids is 1. The van der Waals surface area contributed by atoms with E-state index in [1.807, 2.05) is 35.2 Å². The third-order valence-corrected chi connectivity index (χ3v) is 9.66. The Bertz CT molecular complexity index is 1460. The van der Waals surface area contributed by atoms with Crippen molar-refractivity contribution in [3.8, 4) is 11.1 Å². The highest BCUT2D eigenvalue weighted by molar-refractivity contribution is 7.91. The Hall–Kier alpha value is -2.97. The molecule has 3 aromatic rings. The van der Waals surface area contributed by atoms with Crippen LogP contribution in [0.1, 0.15) is 42.5 Å². The normalized spacial score (nSPS) is 19.8. The van der Waals surface area contributed by atoms with Gasteiger partial charge in [-0.15, -0.1) is 0 Å². The summed E-state index contributed by atoms with van der Waals surface area (Å²) in [5.41, 5.74) is 0.492. The minimum absolute atomic E-state index is 0.0151. The van der Waals surface area contributed by atoms with Crippen LogP contribution in [0.3, 0.4) is 0 Å². The maximum absolute atomic E-state index is 14.3. The van der Waals surface area contributed by atoms with E-state index in [1.165, 1.54) is 12.1 Å². The number of benzene rings is 3. The molecule has 0 amide bonds. The van der Waals surface area contributed by atoms with Gasteiger partial charge in [-0.3, -0.25) is 0 Å². The minimum Gasteiger partial charge on any atom is -0.478 e. The molecule has 1 heterocycles. The highest BCUT2D eigenvalue weighted by Crippen LogP contribution is 2.45. The van der Waals surface area contributed by atoms with E-state index in [1.54, 1.807) is 0 Å². The minimum atomic E-state index is -3.79. The van der Waals surface area contributed by atoms with Gasteiger partial charge in [0.2, 0.25) is 0 Å². The van der Waals surface area contributed by atoms with E-state index in [9.17, 15) is 27.1 Å². The maximum Gasteiger partial charge on any atom is 0.338 e. The summed E-state index contributed by atoms with van der Waals surface area (Å²) in [6.07, 6.45) is 5.29. The number of rotatable bonds is 4. The Morgan fingerprint density at radius 1 is 0.973 bits per heavy atom. The molecular formula is C28H26ClF2NO4S. The number of nitrogens with zero attached hydrogens (tertiary/aromatic N) is 1. The van der Waals surface area contributed by atoms with Gasteiger partial charge in [0.15, 0.2) is 21.5 Å². The lowest BCUT2D eigenvalue weighted by Crippen LogP contribution is -2.32. The van der Waals surface area contributed by atoms with Crippen LogP contribution in [0.4, 0.5) is 20.2 Å². The number of anilines is 2. The van der Waals surface area contributed by atoms with Gasteiger partial charge in [0.05, 0.1) is 26.9 Å². The number of fused-ring (bicyclic) bond motifs is 1. The van der Waals surface area contributed by atoms with E-state index in [0.717, 1.165) is 49.9 Å². The van der Waals surface area contributed by atoms with Crippen molar-refractivity contribution in [2.75, 3.05) is 17.2 Å². The fourth-order valence-electron chi connectivity index (χ4n) is 5.62. The monoisotopic (exact) mass is 545 g/mol. The summed E-state index contributed by atoms with van der Waals surface area (Å²) in [6, 6.07) is 14.2. The Morgan fingerprint density at radius 3 is 2.35 bits per heavy atom. The third-order valence-electron chi connectivity index (χ3n) is 7.48. The Kier molecular flexibility index (Phi) is 6.98. The van der Waals surface area contributed by atoms with Gasteiger partial charge in [0.25, 0.3) is 0 Å². The molecule has 1 atom stereocenters. The van der Waals surface area contributed by atoms with Crippen LogP contribution in [0.25, 0.3) is 11.1 Å². The first kappa shape index (κ1) is 25.7. The largest absolute Gasteiger partial charge is 0.478 e. The average Bonchev–Trinajstić information content (AvgIpc) is 2.99. The Labute approximate surface area is 219 Å². The number of aromatic carboxylic acids is 1. The van der Waals surface area contributed by atoms with Crippen molar-refractivity contribution in [1.82, 2.24) is 0 Å². The molecule has 0 radical (unpaired) electrons. The van der Waals surface area contributed by atoms with Crippen LogP contribution in [0, 0.1) is 23.5 Å². The van der Waals surface area contributed by atoms with E-state index >= 15 is 0 Å². The first-order chi connectivity index (χ1) is 17.7. The molecule has 2 aliphatic rings. The van der Waals surface area contributed by atoms with Crippen molar-refractivity contribution < 1.29 is 27.1 Å². The second-order valence-electron chi connectivity index (χ2n) is 9.81. The zero-order valence-electron chi connectivity index (χ0n) is 20.0. The Balaban J connectivity index is 1.69. The van der Waals surface area contributed by atoms with Gasteiger partial charge >= 0.3 is 5.97 Å². The molecule has 1 aliphatic heterocycles. The van der Waals surface area contributed by atoms with Crippen LogP contribution in [0.5, 0.6) is 0 Å². The number of carboxylic acid groups (broad SMARTS) is 1. The summed E-state index contributed by atoms with van der Waals surface area (Å²) >= 11 is 6.62. The predicted molar refractivity (Wildman–Crippen MR) is 139 cm³/mol. The number of sulfone groups is 1. The highest BCUT2D eigenvalue weighted by atomic mass is 35.5. The van der Waals surface area contributed by atoms with Gasteiger partial charge in [-0.25, -0.2) is 22.0 Å². The van der Waals surface area contributed by atoms with E-state index < -0.39 is 33.0 Å². The first-order valence-corrected chi connectivity index (χ1v) is 14.3. The summed E-state index contributed by atoms with van der Waals surface area (Å²) in [7, 11) is -3.79. The van der Waals surface area contributed by atoms with Crippen molar-refractivity contribution in [3.05, 3.63) is 76.8 Å². The number of para-hydroxylation sites is 1. The van der Waals surface area contributed by atoms with Crippen molar-refractivity contribution in [2.24, 2.45) is 11.8 Å². The molecule has 37 heavy (non-hydrogen) atoms. The lowest BCUT2D eigenvalue weighted by atomic mass is 9.80. The zero-order chi connectivity index (χ0) is 26.3. The molecule has 1 fully saturated rings. The Morgan fingerprint density at radius 2 is 1.68 bits per heavy atom. The molecule has 0 unspecified atom stereocenters. The standard InChI is InChI=1S/C28H26ClF2NO4S/c29-23-14-25-26(13-21(23)18-11-22(28(33)34)27(31)24(30)12-18)37(35,36)16-19(17-7-3-1-4-8-17)15-32(25)20-9-5-2-6-10-20/h2,5-6,9-14,17,19H,1,3-4,7-8,15-16H2,(H,33,34)/t19-/m1/s1. The fraction of sp³-hybridized carbons (Fsp3) is 0.321. The molecule has 1 N–H and O–H groups in total. The molecule has 0 aromatic heterocycles. The lowest BCUT2D eigenvalue weighted by Gasteiger charge is -2.33. The molecule has 0 spiro atoms. The van der Waals surface area contributed by atoms with Gasteiger partial charge in [-0.05, 0) is 53.8 Å². The van der Waals surface area contributed by atoms with Gasteiger partial charge in [0.1, 0.15) is 0 Å². The lowest BCUT2D eigenvalue weighted by molar-refractivity contribution is 0.0690. The maximum atomic E-state index is 14.3.